The third kappa shape index (κ3) is 3.95. The predicted molar refractivity (Wildman–Crippen MR) is 98.8 cm³/mol. The number of nitro groups is 1. The minimum atomic E-state index is -0.445. The second-order valence-corrected chi connectivity index (χ2v) is 6.79. The molecular formula is C18H15N3O3S. The van der Waals surface area contributed by atoms with Crippen LogP contribution in [0.4, 0.5) is 11.4 Å². The summed E-state index contributed by atoms with van der Waals surface area (Å²) in [7, 11) is 0. The highest BCUT2D eigenvalue weighted by molar-refractivity contribution is 8.00. The number of amides is 1. The topological polar surface area (TPSA) is 85.1 Å². The number of carbonyl (C=O) groups is 1. The molecule has 0 saturated heterocycles. The van der Waals surface area contributed by atoms with Gasteiger partial charge in [-0.1, -0.05) is 6.07 Å². The van der Waals surface area contributed by atoms with E-state index in [4.69, 9.17) is 0 Å². The van der Waals surface area contributed by atoms with Gasteiger partial charge in [0, 0.05) is 28.6 Å². The summed E-state index contributed by atoms with van der Waals surface area (Å²) in [5.74, 6) is -0.139. The Kier molecular flexibility index (Phi) is 4.95. The average molecular weight is 353 g/mol. The largest absolute Gasteiger partial charge is 0.324 e. The molecule has 126 valence electrons. The first-order valence-electron chi connectivity index (χ1n) is 7.60. The van der Waals surface area contributed by atoms with E-state index in [1.165, 1.54) is 23.9 Å². The standard InChI is InChI=1S/C18H15N3O3S/c1-12(25-14-9-7-13(8-10-14)21(23)24)18(22)20-17-6-2-5-16-15(17)4-3-11-19-16/h2-12H,1H3,(H,20,22). The first-order valence-corrected chi connectivity index (χ1v) is 8.48. The molecule has 1 N–H and O–H groups in total. The van der Waals surface area contributed by atoms with Crippen molar-refractivity contribution in [1.82, 2.24) is 4.98 Å². The van der Waals surface area contributed by atoms with Crippen LogP contribution in [-0.4, -0.2) is 21.1 Å². The van der Waals surface area contributed by atoms with E-state index >= 15 is 0 Å². The molecule has 7 heteroatoms. The van der Waals surface area contributed by atoms with Crippen molar-refractivity contribution < 1.29 is 9.72 Å². The van der Waals surface area contributed by atoms with Crippen molar-refractivity contribution in [3.8, 4) is 0 Å². The zero-order valence-electron chi connectivity index (χ0n) is 13.4. The molecule has 1 unspecified atom stereocenters. The number of nitrogens with one attached hydrogen (secondary N) is 1. The van der Waals surface area contributed by atoms with Gasteiger partial charge >= 0.3 is 0 Å². The molecule has 0 bridgehead atoms. The van der Waals surface area contributed by atoms with E-state index in [1.54, 1.807) is 25.3 Å². The van der Waals surface area contributed by atoms with Crippen LogP contribution in [0.25, 0.3) is 10.9 Å². The maximum absolute atomic E-state index is 12.5. The maximum Gasteiger partial charge on any atom is 0.269 e. The number of thioether (sulfide) groups is 1. The van der Waals surface area contributed by atoms with Crippen molar-refractivity contribution in [2.24, 2.45) is 0 Å². The summed E-state index contributed by atoms with van der Waals surface area (Å²) in [5.41, 5.74) is 1.56. The molecule has 0 aliphatic heterocycles. The Morgan fingerprint density at radius 1 is 1.16 bits per heavy atom. The number of rotatable bonds is 5. The summed E-state index contributed by atoms with van der Waals surface area (Å²) in [6.45, 7) is 1.80. The van der Waals surface area contributed by atoms with Crippen LogP contribution in [0, 0.1) is 10.1 Å². The van der Waals surface area contributed by atoms with E-state index < -0.39 is 4.92 Å². The second-order valence-electron chi connectivity index (χ2n) is 5.38. The molecule has 0 spiro atoms. The van der Waals surface area contributed by atoms with Crippen molar-refractivity contribution in [3.63, 3.8) is 0 Å². The zero-order valence-corrected chi connectivity index (χ0v) is 14.2. The molecule has 1 atom stereocenters. The highest BCUT2D eigenvalue weighted by Gasteiger charge is 2.16. The molecule has 3 aromatic rings. The minimum Gasteiger partial charge on any atom is -0.324 e. The van der Waals surface area contributed by atoms with Crippen LogP contribution in [0.15, 0.2) is 65.7 Å². The number of hydrogen-bond donors (Lipinski definition) is 1. The second kappa shape index (κ2) is 7.31. The number of benzene rings is 2. The van der Waals surface area contributed by atoms with Gasteiger partial charge in [0.1, 0.15) is 0 Å². The minimum absolute atomic E-state index is 0.0321. The Hall–Kier alpha value is -2.93. The van der Waals surface area contributed by atoms with Gasteiger partial charge < -0.3 is 5.32 Å². The number of nitro benzene ring substituents is 1. The molecule has 0 aliphatic carbocycles. The third-order valence-electron chi connectivity index (χ3n) is 3.63. The maximum atomic E-state index is 12.5. The molecule has 0 radical (unpaired) electrons. The van der Waals surface area contributed by atoms with Gasteiger partial charge in [0.15, 0.2) is 0 Å². The van der Waals surface area contributed by atoms with Gasteiger partial charge in [0.2, 0.25) is 5.91 Å². The van der Waals surface area contributed by atoms with Crippen LogP contribution in [0.1, 0.15) is 6.92 Å². The normalized spacial score (nSPS) is 11.9. The summed E-state index contributed by atoms with van der Waals surface area (Å²) in [4.78, 5) is 27.8. The van der Waals surface area contributed by atoms with Gasteiger partial charge in [0.05, 0.1) is 21.4 Å². The quantitative estimate of drug-likeness (QED) is 0.421. The highest BCUT2D eigenvalue weighted by Crippen LogP contribution is 2.27. The number of nitrogens with zero attached hydrogens (tertiary/aromatic N) is 2. The fourth-order valence-electron chi connectivity index (χ4n) is 2.35. The number of carbonyl (C=O) groups excluding carboxylic acids is 1. The van der Waals surface area contributed by atoms with Crippen LogP contribution in [-0.2, 0) is 4.79 Å². The SMILES string of the molecule is CC(Sc1ccc([N+](=O)[O-])cc1)C(=O)Nc1cccc2ncccc12. The van der Waals surface area contributed by atoms with Gasteiger partial charge in [-0.2, -0.15) is 0 Å². The lowest BCUT2D eigenvalue weighted by atomic mass is 10.2. The molecule has 25 heavy (non-hydrogen) atoms. The number of fused-ring (bicyclic) bond motifs is 1. The van der Waals surface area contributed by atoms with Crippen molar-refractivity contribution in [2.45, 2.75) is 17.1 Å². The first-order chi connectivity index (χ1) is 12.0. The number of anilines is 1. The van der Waals surface area contributed by atoms with E-state index in [0.717, 1.165) is 15.8 Å². The van der Waals surface area contributed by atoms with Crippen LogP contribution in [0.3, 0.4) is 0 Å². The predicted octanol–water partition coefficient (Wildman–Crippen LogP) is 4.26. The number of pyridine rings is 1. The van der Waals surface area contributed by atoms with Crippen molar-refractivity contribution >= 4 is 39.9 Å². The van der Waals surface area contributed by atoms with Gasteiger partial charge in [-0.25, -0.2) is 0 Å². The summed E-state index contributed by atoms with van der Waals surface area (Å²) >= 11 is 1.35. The Balaban J connectivity index is 1.71. The summed E-state index contributed by atoms with van der Waals surface area (Å²) in [6.07, 6.45) is 1.71. The van der Waals surface area contributed by atoms with Gasteiger partial charge in [0.25, 0.3) is 5.69 Å². The fourth-order valence-corrected chi connectivity index (χ4v) is 3.22. The summed E-state index contributed by atoms with van der Waals surface area (Å²) in [5, 5.41) is 14.1. The van der Waals surface area contributed by atoms with Crippen LogP contribution in [0.2, 0.25) is 0 Å². The molecule has 1 amide bonds. The molecule has 1 heterocycles. The highest BCUT2D eigenvalue weighted by atomic mass is 32.2. The summed E-state index contributed by atoms with van der Waals surface area (Å²) < 4.78 is 0. The monoisotopic (exact) mass is 353 g/mol. The van der Waals surface area contributed by atoms with Crippen molar-refractivity contribution in [1.29, 1.82) is 0 Å². The molecule has 0 fully saturated rings. The van der Waals surface area contributed by atoms with E-state index in [1.807, 2.05) is 30.3 Å². The average Bonchev–Trinajstić information content (AvgIpc) is 2.62. The first kappa shape index (κ1) is 16.9. The molecule has 0 aliphatic rings. The lowest BCUT2D eigenvalue weighted by Crippen LogP contribution is -2.22. The van der Waals surface area contributed by atoms with E-state index in [0.29, 0.717) is 5.69 Å². The summed E-state index contributed by atoms with van der Waals surface area (Å²) in [6, 6.07) is 15.5. The Morgan fingerprint density at radius 3 is 2.64 bits per heavy atom. The van der Waals surface area contributed by atoms with E-state index in [-0.39, 0.29) is 16.8 Å². The molecule has 3 rings (SSSR count). The molecule has 2 aromatic carbocycles. The Morgan fingerprint density at radius 2 is 1.92 bits per heavy atom. The van der Waals surface area contributed by atoms with E-state index in [2.05, 4.69) is 10.3 Å². The van der Waals surface area contributed by atoms with Gasteiger partial charge in [-0.3, -0.25) is 19.9 Å². The van der Waals surface area contributed by atoms with Crippen molar-refractivity contribution in [2.75, 3.05) is 5.32 Å². The number of non-ortho nitro benzene ring substituents is 1. The van der Waals surface area contributed by atoms with Crippen LogP contribution in [0.5, 0.6) is 0 Å². The number of hydrogen-bond acceptors (Lipinski definition) is 5. The van der Waals surface area contributed by atoms with Crippen LogP contribution >= 0.6 is 11.8 Å². The van der Waals surface area contributed by atoms with Gasteiger partial charge in [-0.15, -0.1) is 11.8 Å². The smallest absolute Gasteiger partial charge is 0.269 e. The fraction of sp³-hybridized carbons (Fsp3) is 0.111. The molecule has 6 nitrogen and oxygen atoms in total. The number of aromatic nitrogens is 1. The van der Waals surface area contributed by atoms with Gasteiger partial charge in [-0.05, 0) is 43.3 Å². The van der Waals surface area contributed by atoms with E-state index in [9.17, 15) is 14.9 Å². The third-order valence-corrected chi connectivity index (χ3v) is 4.75. The Labute approximate surface area is 148 Å². The lowest BCUT2D eigenvalue weighted by molar-refractivity contribution is -0.384. The van der Waals surface area contributed by atoms with Crippen molar-refractivity contribution in [3.05, 3.63) is 70.9 Å². The molecule has 0 saturated carbocycles. The Bertz CT molecular complexity index is 923. The lowest BCUT2D eigenvalue weighted by Gasteiger charge is -2.13. The molecular weight excluding hydrogens is 338 g/mol. The zero-order chi connectivity index (χ0) is 17.8. The van der Waals surface area contributed by atoms with Crippen LogP contribution < -0.4 is 5.32 Å². The molecule has 1 aromatic heterocycles.